The Hall–Kier alpha value is -1.88. The average molecular weight is 248 g/mol. The number of hydrogen-bond acceptors (Lipinski definition) is 3. The number of aliphatic hydroxyl groups excluding tert-OH is 1. The van der Waals surface area contributed by atoms with Crippen LogP contribution in [-0.2, 0) is 9.59 Å². The number of nitrogens with one attached hydrogen (secondary N) is 1. The number of para-hydroxylation sites is 1. The Morgan fingerprint density at radius 3 is 2.78 bits per heavy atom. The van der Waals surface area contributed by atoms with Crippen LogP contribution < -0.4 is 10.2 Å². The van der Waals surface area contributed by atoms with Gasteiger partial charge in [0.05, 0.1) is 5.69 Å². The Balaban J connectivity index is 2.19. The summed E-state index contributed by atoms with van der Waals surface area (Å²) in [6.45, 7) is 3.64. The van der Waals surface area contributed by atoms with Crippen molar-refractivity contribution < 1.29 is 14.7 Å². The molecule has 0 fully saturated rings. The molecule has 1 heterocycles. The molecule has 1 aromatic rings. The van der Waals surface area contributed by atoms with Crippen LogP contribution in [0.3, 0.4) is 0 Å². The van der Waals surface area contributed by atoms with Crippen LogP contribution in [0.25, 0.3) is 0 Å². The summed E-state index contributed by atoms with van der Waals surface area (Å²) in [5.41, 5.74) is 1.16. The molecule has 2 amide bonds. The zero-order chi connectivity index (χ0) is 13.3. The number of nitrogens with zero attached hydrogens (tertiary/aromatic N) is 1. The van der Waals surface area contributed by atoms with Crippen LogP contribution in [0.1, 0.15) is 25.5 Å². The lowest BCUT2D eigenvalue weighted by Gasteiger charge is -2.18. The van der Waals surface area contributed by atoms with E-state index in [2.05, 4.69) is 5.32 Å². The van der Waals surface area contributed by atoms with Gasteiger partial charge in [-0.15, -0.1) is 0 Å². The highest BCUT2D eigenvalue weighted by Crippen LogP contribution is 2.34. The maximum atomic E-state index is 11.9. The van der Waals surface area contributed by atoms with Crippen molar-refractivity contribution in [3.8, 4) is 0 Å². The molecule has 5 nitrogen and oxygen atoms in total. The van der Waals surface area contributed by atoms with Gasteiger partial charge in [0.2, 0.25) is 5.91 Å². The first-order valence-electron chi connectivity index (χ1n) is 5.88. The van der Waals surface area contributed by atoms with E-state index in [1.807, 2.05) is 13.8 Å². The van der Waals surface area contributed by atoms with Crippen LogP contribution in [0.15, 0.2) is 24.3 Å². The number of hydrogen-bond donors (Lipinski definition) is 2. The maximum Gasteiger partial charge on any atom is 0.261 e. The van der Waals surface area contributed by atoms with Crippen LogP contribution in [0, 0.1) is 0 Å². The molecule has 2 rings (SSSR count). The molecule has 0 spiro atoms. The largest absolute Gasteiger partial charge is 0.378 e. The summed E-state index contributed by atoms with van der Waals surface area (Å²) in [6, 6.07) is 6.98. The number of fused-ring (bicyclic) bond motifs is 1. The molecule has 0 saturated heterocycles. The second kappa shape index (κ2) is 4.78. The minimum absolute atomic E-state index is 0.0235. The molecule has 18 heavy (non-hydrogen) atoms. The van der Waals surface area contributed by atoms with E-state index in [9.17, 15) is 14.7 Å². The summed E-state index contributed by atoms with van der Waals surface area (Å²) in [5, 5.41) is 12.5. The highest BCUT2D eigenvalue weighted by atomic mass is 16.3. The van der Waals surface area contributed by atoms with Gasteiger partial charge in [0.1, 0.15) is 6.54 Å². The number of benzene rings is 1. The number of amides is 2. The molecule has 0 bridgehead atoms. The van der Waals surface area contributed by atoms with E-state index in [4.69, 9.17) is 0 Å². The van der Waals surface area contributed by atoms with Gasteiger partial charge >= 0.3 is 0 Å². The van der Waals surface area contributed by atoms with Crippen LogP contribution >= 0.6 is 0 Å². The minimum atomic E-state index is -1.16. The van der Waals surface area contributed by atoms with E-state index in [1.54, 1.807) is 24.3 Å². The summed E-state index contributed by atoms with van der Waals surface area (Å²) in [7, 11) is 0. The van der Waals surface area contributed by atoms with E-state index in [0.717, 1.165) is 0 Å². The molecule has 0 aromatic heterocycles. The minimum Gasteiger partial charge on any atom is -0.378 e. The highest BCUT2D eigenvalue weighted by molar-refractivity contribution is 6.06. The van der Waals surface area contributed by atoms with Gasteiger partial charge in [0, 0.05) is 11.6 Å². The van der Waals surface area contributed by atoms with E-state index in [1.165, 1.54) is 4.90 Å². The lowest BCUT2D eigenvalue weighted by molar-refractivity contribution is -0.128. The third-order valence-electron chi connectivity index (χ3n) is 2.77. The van der Waals surface area contributed by atoms with Crippen molar-refractivity contribution in [3.63, 3.8) is 0 Å². The zero-order valence-corrected chi connectivity index (χ0v) is 10.4. The third kappa shape index (κ3) is 2.22. The van der Waals surface area contributed by atoms with Crippen LogP contribution in [0.2, 0.25) is 0 Å². The fourth-order valence-electron chi connectivity index (χ4n) is 2.04. The van der Waals surface area contributed by atoms with Crippen molar-refractivity contribution >= 4 is 17.5 Å². The van der Waals surface area contributed by atoms with Gasteiger partial charge in [0.15, 0.2) is 6.10 Å². The molecule has 1 aliphatic heterocycles. The van der Waals surface area contributed by atoms with E-state index in [0.29, 0.717) is 11.3 Å². The number of carbonyl (C=O) groups is 2. The topological polar surface area (TPSA) is 69.6 Å². The molecule has 5 heteroatoms. The number of carbonyl (C=O) groups excluding carboxylic acids is 2. The van der Waals surface area contributed by atoms with Crippen molar-refractivity contribution in [1.29, 1.82) is 0 Å². The molecule has 0 radical (unpaired) electrons. The smallest absolute Gasteiger partial charge is 0.261 e. The summed E-state index contributed by atoms with van der Waals surface area (Å²) in [6.07, 6.45) is -1.16. The summed E-state index contributed by atoms with van der Waals surface area (Å²) in [5.74, 6) is -0.683. The molecule has 1 aromatic carbocycles. The van der Waals surface area contributed by atoms with Gasteiger partial charge < -0.3 is 15.3 Å². The van der Waals surface area contributed by atoms with Crippen LogP contribution in [-0.4, -0.2) is 29.5 Å². The van der Waals surface area contributed by atoms with E-state index < -0.39 is 12.0 Å². The number of aliphatic hydroxyl groups is 1. The first-order chi connectivity index (χ1) is 8.50. The molecular weight excluding hydrogens is 232 g/mol. The molecule has 0 aliphatic carbocycles. The second-order valence-electron chi connectivity index (χ2n) is 4.61. The van der Waals surface area contributed by atoms with Crippen molar-refractivity contribution in [1.82, 2.24) is 5.32 Å². The highest BCUT2D eigenvalue weighted by Gasteiger charge is 2.36. The van der Waals surface area contributed by atoms with Crippen LogP contribution in [0.5, 0.6) is 0 Å². The first kappa shape index (κ1) is 12.6. The van der Waals surface area contributed by atoms with Gasteiger partial charge in [-0.2, -0.15) is 0 Å². The Morgan fingerprint density at radius 2 is 2.11 bits per heavy atom. The average Bonchev–Trinajstić information content (AvgIpc) is 2.54. The maximum absolute atomic E-state index is 11.9. The normalized spacial score (nSPS) is 18.1. The van der Waals surface area contributed by atoms with Gasteiger partial charge in [-0.05, 0) is 19.9 Å². The standard InChI is InChI=1S/C13H16N2O3/c1-8(2)14-11(16)7-15-10-6-4-3-5-9(10)12(17)13(15)18/h3-6,8,12,17H,7H2,1-2H3,(H,14,16). The SMILES string of the molecule is CC(C)NC(=O)CN1C(=O)C(O)c2ccccc21. The molecule has 2 N–H and O–H groups in total. The predicted octanol–water partition coefficient (Wildman–Crippen LogP) is 0.591. The van der Waals surface area contributed by atoms with Crippen LogP contribution in [0.4, 0.5) is 5.69 Å². The quantitative estimate of drug-likeness (QED) is 0.822. The second-order valence-corrected chi connectivity index (χ2v) is 4.61. The van der Waals surface area contributed by atoms with Gasteiger partial charge in [0.25, 0.3) is 5.91 Å². The zero-order valence-electron chi connectivity index (χ0n) is 10.4. The fraction of sp³-hybridized carbons (Fsp3) is 0.385. The summed E-state index contributed by atoms with van der Waals surface area (Å²) >= 11 is 0. The molecule has 96 valence electrons. The van der Waals surface area contributed by atoms with Gasteiger partial charge in [-0.25, -0.2) is 0 Å². The van der Waals surface area contributed by atoms with Crippen molar-refractivity contribution in [2.45, 2.75) is 26.0 Å². The number of rotatable bonds is 3. The van der Waals surface area contributed by atoms with E-state index >= 15 is 0 Å². The van der Waals surface area contributed by atoms with Gasteiger partial charge in [-0.1, -0.05) is 18.2 Å². The lowest BCUT2D eigenvalue weighted by atomic mass is 10.1. The van der Waals surface area contributed by atoms with E-state index in [-0.39, 0.29) is 18.5 Å². The Bertz CT molecular complexity index is 485. The number of anilines is 1. The summed E-state index contributed by atoms with van der Waals surface area (Å²) < 4.78 is 0. The third-order valence-corrected chi connectivity index (χ3v) is 2.77. The Kier molecular flexibility index (Phi) is 3.34. The summed E-state index contributed by atoms with van der Waals surface area (Å²) in [4.78, 5) is 24.9. The first-order valence-corrected chi connectivity index (χ1v) is 5.88. The lowest BCUT2D eigenvalue weighted by Crippen LogP contribution is -2.41. The Morgan fingerprint density at radius 1 is 1.44 bits per heavy atom. The fourth-order valence-corrected chi connectivity index (χ4v) is 2.04. The molecular formula is C13H16N2O3. The van der Waals surface area contributed by atoms with Crippen molar-refractivity contribution in [2.24, 2.45) is 0 Å². The molecule has 1 unspecified atom stereocenters. The molecule has 0 saturated carbocycles. The van der Waals surface area contributed by atoms with Crippen molar-refractivity contribution in [2.75, 3.05) is 11.4 Å². The Labute approximate surface area is 105 Å². The molecule has 1 aliphatic rings. The monoisotopic (exact) mass is 248 g/mol. The van der Waals surface area contributed by atoms with Gasteiger partial charge in [-0.3, -0.25) is 9.59 Å². The predicted molar refractivity (Wildman–Crippen MR) is 67.0 cm³/mol. The molecule has 1 atom stereocenters. The van der Waals surface area contributed by atoms with Crippen molar-refractivity contribution in [3.05, 3.63) is 29.8 Å².